The Morgan fingerprint density at radius 3 is 2.24 bits per heavy atom. The molecule has 4 aromatic rings. The van der Waals surface area contributed by atoms with Crippen molar-refractivity contribution in [1.82, 2.24) is 20.1 Å². The summed E-state index contributed by atoms with van der Waals surface area (Å²) >= 11 is 0. The van der Waals surface area contributed by atoms with Crippen LogP contribution in [-0.2, 0) is 12.0 Å². The number of aromatic nitrogens is 4. The molecular weight excluding hydrogens is 364 g/mol. The van der Waals surface area contributed by atoms with Crippen LogP contribution in [0.3, 0.4) is 0 Å². The fourth-order valence-electron chi connectivity index (χ4n) is 3.11. The Morgan fingerprint density at radius 1 is 0.897 bits per heavy atom. The molecule has 0 aliphatic carbocycles. The van der Waals surface area contributed by atoms with Crippen molar-refractivity contribution in [1.29, 1.82) is 0 Å². The monoisotopic (exact) mass is 386 g/mol. The lowest BCUT2D eigenvalue weighted by atomic mass is 9.78. The lowest BCUT2D eigenvalue weighted by Crippen LogP contribution is -2.18. The van der Waals surface area contributed by atoms with E-state index in [1.54, 1.807) is 12.3 Å². The molecule has 6 heteroatoms. The first-order valence-electron chi connectivity index (χ1n) is 9.42. The zero-order valence-corrected chi connectivity index (χ0v) is 16.7. The van der Waals surface area contributed by atoms with Gasteiger partial charge in [-0.05, 0) is 36.2 Å². The molecule has 0 saturated heterocycles. The average Bonchev–Trinajstić information content (AvgIpc) is 3.28. The van der Waals surface area contributed by atoms with Gasteiger partial charge in [-0.25, -0.2) is 9.97 Å². The largest absolute Gasteiger partial charge is 0.487 e. The molecule has 146 valence electrons. The van der Waals surface area contributed by atoms with Gasteiger partial charge in [-0.3, -0.25) is 0 Å². The molecule has 4 rings (SSSR count). The van der Waals surface area contributed by atoms with Crippen LogP contribution in [0.4, 0.5) is 0 Å². The minimum atomic E-state index is -0.0855. The Labute approximate surface area is 169 Å². The molecule has 0 spiro atoms. The standard InChI is InChI=1S/C23H22N4O2/c1-16-4-6-17(7-5-16)23(2,3)18-8-10-20(11-9-18)28-14-19-12-13-24-21(27-19)22-25-15-26-29-22/h4-13,15H,14H2,1-3H3. The van der Waals surface area contributed by atoms with Crippen LogP contribution in [0.15, 0.2) is 71.6 Å². The van der Waals surface area contributed by atoms with Gasteiger partial charge in [0.2, 0.25) is 5.82 Å². The first kappa shape index (κ1) is 18.8. The quantitative estimate of drug-likeness (QED) is 0.476. The molecule has 0 saturated carbocycles. The second-order valence-electron chi connectivity index (χ2n) is 7.42. The Morgan fingerprint density at radius 2 is 1.59 bits per heavy atom. The fourth-order valence-corrected chi connectivity index (χ4v) is 3.11. The third-order valence-corrected chi connectivity index (χ3v) is 5.00. The molecule has 2 aromatic heterocycles. The van der Waals surface area contributed by atoms with Crippen molar-refractivity contribution in [2.24, 2.45) is 0 Å². The summed E-state index contributed by atoms with van der Waals surface area (Å²) in [6, 6.07) is 18.7. The van der Waals surface area contributed by atoms with Crippen molar-refractivity contribution in [2.75, 3.05) is 0 Å². The van der Waals surface area contributed by atoms with Gasteiger partial charge in [0.15, 0.2) is 6.33 Å². The van der Waals surface area contributed by atoms with Gasteiger partial charge in [0, 0.05) is 11.6 Å². The zero-order chi connectivity index (χ0) is 20.3. The Balaban J connectivity index is 1.45. The molecule has 0 bridgehead atoms. The van der Waals surface area contributed by atoms with Crippen LogP contribution in [0.1, 0.15) is 36.2 Å². The molecule has 0 unspecified atom stereocenters. The van der Waals surface area contributed by atoms with E-state index in [2.05, 4.69) is 77.3 Å². The van der Waals surface area contributed by atoms with E-state index in [1.165, 1.54) is 23.0 Å². The number of hydrogen-bond acceptors (Lipinski definition) is 6. The van der Waals surface area contributed by atoms with E-state index < -0.39 is 0 Å². The van der Waals surface area contributed by atoms with E-state index in [-0.39, 0.29) is 11.3 Å². The summed E-state index contributed by atoms with van der Waals surface area (Å²) in [6.45, 7) is 6.89. The molecule has 6 nitrogen and oxygen atoms in total. The van der Waals surface area contributed by atoms with E-state index >= 15 is 0 Å². The predicted molar refractivity (Wildman–Crippen MR) is 109 cm³/mol. The molecule has 2 heterocycles. The number of nitrogens with zero attached hydrogens (tertiary/aromatic N) is 4. The van der Waals surface area contributed by atoms with Crippen LogP contribution < -0.4 is 4.74 Å². The summed E-state index contributed by atoms with van der Waals surface area (Å²) in [5, 5.41) is 3.58. The molecule has 0 radical (unpaired) electrons. The summed E-state index contributed by atoms with van der Waals surface area (Å²) < 4.78 is 10.9. The highest BCUT2D eigenvalue weighted by Crippen LogP contribution is 2.32. The van der Waals surface area contributed by atoms with Crippen molar-refractivity contribution in [3.63, 3.8) is 0 Å². The van der Waals surface area contributed by atoms with Crippen LogP contribution in [0.5, 0.6) is 5.75 Å². The van der Waals surface area contributed by atoms with E-state index in [9.17, 15) is 0 Å². The third kappa shape index (κ3) is 4.16. The van der Waals surface area contributed by atoms with Gasteiger partial charge in [0.25, 0.3) is 5.89 Å². The van der Waals surface area contributed by atoms with Crippen molar-refractivity contribution < 1.29 is 9.26 Å². The molecule has 0 amide bonds. The maximum atomic E-state index is 5.90. The van der Waals surface area contributed by atoms with E-state index in [1.807, 2.05) is 12.1 Å². The Hall–Kier alpha value is -3.54. The number of aryl methyl sites for hydroxylation is 1. The number of rotatable bonds is 6. The van der Waals surface area contributed by atoms with E-state index in [4.69, 9.17) is 9.26 Å². The van der Waals surface area contributed by atoms with Crippen molar-refractivity contribution in [2.45, 2.75) is 32.8 Å². The SMILES string of the molecule is Cc1ccc(C(C)(C)c2ccc(OCc3ccnc(-c4ncno4)n3)cc2)cc1. The van der Waals surface area contributed by atoms with Gasteiger partial charge in [-0.1, -0.05) is 61.0 Å². The summed E-state index contributed by atoms with van der Waals surface area (Å²) in [6.07, 6.45) is 2.97. The normalized spacial score (nSPS) is 11.4. The molecule has 0 aliphatic heterocycles. The molecule has 2 aromatic carbocycles. The van der Waals surface area contributed by atoms with Crippen LogP contribution in [0.2, 0.25) is 0 Å². The average molecular weight is 386 g/mol. The van der Waals surface area contributed by atoms with Crippen molar-refractivity contribution in [3.8, 4) is 17.5 Å². The molecule has 29 heavy (non-hydrogen) atoms. The number of ether oxygens (including phenoxy) is 1. The lowest BCUT2D eigenvalue weighted by Gasteiger charge is -2.26. The first-order valence-corrected chi connectivity index (χ1v) is 9.42. The second kappa shape index (κ2) is 7.83. The minimum Gasteiger partial charge on any atom is -0.487 e. The van der Waals surface area contributed by atoms with Crippen LogP contribution in [0, 0.1) is 6.92 Å². The molecule has 0 aliphatic rings. The Kier molecular flexibility index (Phi) is 5.08. The smallest absolute Gasteiger partial charge is 0.295 e. The maximum absolute atomic E-state index is 5.90. The highest BCUT2D eigenvalue weighted by molar-refractivity contribution is 5.41. The zero-order valence-electron chi connectivity index (χ0n) is 16.7. The van der Waals surface area contributed by atoms with E-state index in [0.29, 0.717) is 12.4 Å². The summed E-state index contributed by atoms with van der Waals surface area (Å²) in [4.78, 5) is 12.5. The Bertz CT molecular complexity index is 1070. The molecule has 0 N–H and O–H groups in total. The highest BCUT2D eigenvalue weighted by atomic mass is 16.5. The lowest BCUT2D eigenvalue weighted by molar-refractivity contribution is 0.301. The predicted octanol–water partition coefficient (Wildman–Crippen LogP) is 4.74. The molecule has 0 fully saturated rings. The summed E-state index contributed by atoms with van der Waals surface area (Å²) in [5.74, 6) is 1.46. The minimum absolute atomic E-state index is 0.0855. The van der Waals surface area contributed by atoms with Crippen LogP contribution >= 0.6 is 0 Å². The van der Waals surface area contributed by atoms with Crippen LogP contribution in [-0.4, -0.2) is 20.1 Å². The third-order valence-electron chi connectivity index (χ3n) is 5.00. The second-order valence-corrected chi connectivity index (χ2v) is 7.42. The molecule has 0 atom stereocenters. The molecular formula is C23H22N4O2. The van der Waals surface area contributed by atoms with Gasteiger partial charge < -0.3 is 9.26 Å². The van der Waals surface area contributed by atoms with Crippen molar-refractivity contribution >= 4 is 0 Å². The van der Waals surface area contributed by atoms with Gasteiger partial charge in [-0.15, -0.1) is 0 Å². The van der Waals surface area contributed by atoms with Gasteiger partial charge in [-0.2, -0.15) is 4.98 Å². The van der Waals surface area contributed by atoms with Gasteiger partial charge >= 0.3 is 0 Å². The van der Waals surface area contributed by atoms with Gasteiger partial charge in [0.05, 0.1) is 5.69 Å². The van der Waals surface area contributed by atoms with E-state index in [0.717, 1.165) is 11.4 Å². The summed E-state index contributed by atoms with van der Waals surface area (Å²) in [7, 11) is 0. The van der Waals surface area contributed by atoms with Crippen molar-refractivity contribution in [3.05, 3.63) is 89.5 Å². The number of benzene rings is 2. The highest BCUT2D eigenvalue weighted by Gasteiger charge is 2.22. The first-order chi connectivity index (χ1) is 14.0. The maximum Gasteiger partial charge on any atom is 0.295 e. The topological polar surface area (TPSA) is 73.9 Å². The fraction of sp³-hybridized carbons (Fsp3) is 0.217. The van der Waals surface area contributed by atoms with Gasteiger partial charge in [0.1, 0.15) is 12.4 Å². The summed E-state index contributed by atoms with van der Waals surface area (Å²) in [5.41, 5.74) is 4.43. The van der Waals surface area contributed by atoms with Crippen LogP contribution in [0.25, 0.3) is 11.7 Å². The number of hydrogen-bond donors (Lipinski definition) is 0.